The van der Waals surface area contributed by atoms with Gasteiger partial charge in [-0.15, -0.1) is 11.8 Å². The Bertz CT molecular complexity index is 910. The lowest BCUT2D eigenvalue weighted by Gasteiger charge is -2.14. The van der Waals surface area contributed by atoms with Gasteiger partial charge in [-0.1, -0.05) is 72.8 Å². The van der Waals surface area contributed by atoms with E-state index in [0.29, 0.717) is 16.8 Å². The van der Waals surface area contributed by atoms with Crippen molar-refractivity contribution in [2.24, 2.45) is 0 Å². The number of hydrogen-bond acceptors (Lipinski definition) is 3. The van der Waals surface area contributed by atoms with Crippen molar-refractivity contribution in [1.82, 2.24) is 0 Å². The van der Waals surface area contributed by atoms with Gasteiger partial charge in [-0.25, -0.2) is 0 Å². The molecule has 0 aliphatic carbocycles. The monoisotopic (exact) mass is 375 g/mol. The highest BCUT2D eigenvalue weighted by molar-refractivity contribution is 7.99. The van der Waals surface area contributed by atoms with Crippen molar-refractivity contribution in [3.05, 3.63) is 102 Å². The molecule has 1 amide bonds. The summed E-state index contributed by atoms with van der Waals surface area (Å²) in [5.41, 5.74) is 2.83. The fraction of sp³-hybridized carbons (Fsp3) is 0.130. The minimum atomic E-state index is -0.231. The molecule has 1 N–H and O–H groups in total. The summed E-state index contributed by atoms with van der Waals surface area (Å²) in [5, 5.41) is 2.69. The summed E-state index contributed by atoms with van der Waals surface area (Å²) >= 11 is 1.57. The lowest BCUT2D eigenvalue weighted by molar-refractivity contribution is -0.115. The summed E-state index contributed by atoms with van der Waals surface area (Å²) in [5.74, 6) is 0.556. The number of nitrogens with one attached hydrogen (secondary N) is 1. The van der Waals surface area contributed by atoms with E-state index in [1.165, 1.54) is 5.56 Å². The van der Waals surface area contributed by atoms with Gasteiger partial charge in [0.05, 0.1) is 10.9 Å². The number of thioether (sulfide) groups is 1. The van der Waals surface area contributed by atoms with Crippen LogP contribution in [0.3, 0.4) is 0 Å². The fourth-order valence-corrected chi connectivity index (χ4v) is 3.49. The second-order valence-corrected chi connectivity index (χ2v) is 7.50. The van der Waals surface area contributed by atoms with Crippen LogP contribution < -0.4 is 5.32 Å². The zero-order chi connectivity index (χ0) is 19.1. The summed E-state index contributed by atoms with van der Waals surface area (Å²) in [4.78, 5) is 25.4. The smallest absolute Gasteiger partial charge is 0.237 e. The van der Waals surface area contributed by atoms with Gasteiger partial charge in [0, 0.05) is 16.9 Å². The molecule has 0 aliphatic rings. The summed E-state index contributed by atoms with van der Waals surface area (Å²) in [6.45, 7) is 1.88. The molecule has 0 fully saturated rings. The number of para-hydroxylation sites is 1. The van der Waals surface area contributed by atoms with Crippen LogP contribution in [0, 0.1) is 0 Å². The third kappa shape index (κ3) is 5.08. The Morgan fingerprint density at radius 1 is 0.852 bits per heavy atom. The molecule has 27 heavy (non-hydrogen) atoms. The molecule has 1 atom stereocenters. The Morgan fingerprint density at radius 3 is 2.15 bits per heavy atom. The van der Waals surface area contributed by atoms with Crippen molar-refractivity contribution in [1.29, 1.82) is 0 Å². The average Bonchev–Trinajstić information content (AvgIpc) is 2.73. The highest BCUT2D eigenvalue weighted by atomic mass is 32.2. The van der Waals surface area contributed by atoms with E-state index < -0.39 is 0 Å². The zero-order valence-corrected chi connectivity index (χ0v) is 15.9. The number of carbonyl (C=O) groups excluding carboxylic acids is 2. The predicted molar refractivity (Wildman–Crippen MR) is 112 cm³/mol. The third-order valence-electron chi connectivity index (χ3n) is 4.18. The molecule has 0 aromatic heterocycles. The lowest BCUT2D eigenvalue weighted by atomic mass is 10.0. The lowest BCUT2D eigenvalue weighted by Crippen LogP contribution is -2.24. The second-order valence-electron chi connectivity index (χ2n) is 6.17. The molecule has 0 aliphatic heterocycles. The van der Waals surface area contributed by atoms with Gasteiger partial charge in [0.2, 0.25) is 5.91 Å². The molecule has 0 unspecified atom stereocenters. The van der Waals surface area contributed by atoms with E-state index in [4.69, 9.17) is 0 Å². The number of anilines is 1. The number of benzene rings is 3. The van der Waals surface area contributed by atoms with Crippen LogP contribution in [0.25, 0.3) is 0 Å². The molecule has 0 radical (unpaired) electrons. The van der Waals surface area contributed by atoms with Crippen molar-refractivity contribution in [2.75, 3.05) is 5.32 Å². The molecule has 3 aromatic rings. The molecule has 3 rings (SSSR count). The van der Waals surface area contributed by atoms with Crippen LogP contribution in [0.2, 0.25) is 0 Å². The van der Waals surface area contributed by atoms with Crippen molar-refractivity contribution in [2.45, 2.75) is 17.9 Å². The van der Waals surface area contributed by atoms with Gasteiger partial charge in [0.1, 0.15) is 0 Å². The van der Waals surface area contributed by atoms with Crippen LogP contribution in [-0.2, 0) is 10.5 Å². The van der Waals surface area contributed by atoms with E-state index in [9.17, 15) is 9.59 Å². The normalized spacial score (nSPS) is 11.6. The third-order valence-corrected chi connectivity index (χ3v) is 5.39. The highest BCUT2D eigenvalue weighted by Gasteiger charge is 2.18. The van der Waals surface area contributed by atoms with E-state index in [2.05, 4.69) is 5.32 Å². The second kappa shape index (κ2) is 9.19. The van der Waals surface area contributed by atoms with Gasteiger partial charge in [0.25, 0.3) is 0 Å². The number of amides is 1. The van der Waals surface area contributed by atoms with Gasteiger partial charge in [0.15, 0.2) is 5.78 Å². The Labute approximate surface area is 163 Å². The Morgan fingerprint density at radius 2 is 1.44 bits per heavy atom. The topological polar surface area (TPSA) is 46.2 Å². The van der Waals surface area contributed by atoms with Gasteiger partial charge < -0.3 is 5.32 Å². The molecular weight excluding hydrogens is 354 g/mol. The highest BCUT2D eigenvalue weighted by Crippen LogP contribution is 2.22. The fourth-order valence-electron chi connectivity index (χ4n) is 2.64. The average molecular weight is 375 g/mol. The van der Waals surface area contributed by atoms with E-state index in [0.717, 1.165) is 5.75 Å². The first-order chi connectivity index (χ1) is 13.1. The van der Waals surface area contributed by atoms with Crippen molar-refractivity contribution in [3.8, 4) is 0 Å². The number of rotatable bonds is 7. The van der Waals surface area contributed by atoms with Crippen molar-refractivity contribution >= 4 is 29.1 Å². The zero-order valence-electron chi connectivity index (χ0n) is 15.1. The molecule has 136 valence electrons. The van der Waals surface area contributed by atoms with E-state index in [-0.39, 0.29) is 16.9 Å². The van der Waals surface area contributed by atoms with Crippen LogP contribution in [0.1, 0.15) is 28.4 Å². The minimum Gasteiger partial charge on any atom is -0.324 e. The van der Waals surface area contributed by atoms with Crippen LogP contribution in [0.15, 0.2) is 84.9 Å². The summed E-state index contributed by atoms with van der Waals surface area (Å²) < 4.78 is 0. The van der Waals surface area contributed by atoms with Crippen molar-refractivity contribution in [3.63, 3.8) is 0 Å². The number of carbonyl (C=O) groups is 2. The number of hydrogen-bond donors (Lipinski definition) is 1. The van der Waals surface area contributed by atoms with Gasteiger partial charge >= 0.3 is 0 Å². The largest absolute Gasteiger partial charge is 0.324 e. The Balaban J connectivity index is 1.68. The first-order valence-electron chi connectivity index (χ1n) is 8.80. The number of ketones is 1. The summed E-state index contributed by atoms with van der Waals surface area (Å²) in [6, 6.07) is 26.3. The molecule has 0 bridgehead atoms. The Hall–Kier alpha value is -2.85. The van der Waals surface area contributed by atoms with E-state index >= 15 is 0 Å². The summed E-state index contributed by atoms with van der Waals surface area (Å²) in [7, 11) is 0. The molecule has 0 saturated carbocycles. The van der Waals surface area contributed by atoms with Gasteiger partial charge in [-0.3, -0.25) is 9.59 Å². The minimum absolute atomic E-state index is 0.101. The van der Waals surface area contributed by atoms with Crippen LogP contribution in [0.4, 0.5) is 5.69 Å². The molecule has 0 saturated heterocycles. The first-order valence-corrected chi connectivity index (χ1v) is 9.85. The van der Waals surface area contributed by atoms with Gasteiger partial charge in [-0.05, 0) is 24.6 Å². The maximum absolute atomic E-state index is 12.8. The first kappa shape index (κ1) is 18.9. The standard InChI is InChI=1S/C23H21NO2S/c1-17(27-16-18-10-4-2-5-11-18)23(26)24-21-15-9-8-14-20(21)22(25)19-12-6-3-7-13-19/h2-15,17H,16H2,1H3,(H,24,26)/t17-/m1/s1. The molecule has 0 heterocycles. The van der Waals surface area contributed by atoms with E-state index in [1.807, 2.05) is 61.5 Å². The summed E-state index contributed by atoms with van der Waals surface area (Å²) in [6.07, 6.45) is 0. The SMILES string of the molecule is C[C@@H](SCc1ccccc1)C(=O)Nc1ccccc1C(=O)c1ccccc1. The van der Waals surface area contributed by atoms with Crippen LogP contribution in [-0.4, -0.2) is 16.9 Å². The van der Waals surface area contributed by atoms with Crippen LogP contribution in [0.5, 0.6) is 0 Å². The van der Waals surface area contributed by atoms with Gasteiger partial charge in [-0.2, -0.15) is 0 Å². The Kier molecular flexibility index (Phi) is 6.44. The maximum Gasteiger partial charge on any atom is 0.237 e. The van der Waals surface area contributed by atoms with Crippen molar-refractivity contribution < 1.29 is 9.59 Å². The predicted octanol–water partition coefficient (Wildman–Crippen LogP) is 5.18. The molecule has 0 spiro atoms. The van der Waals surface area contributed by atoms with Crippen LogP contribution >= 0.6 is 11.8 Å². The molecule has 3 nitrogen and oxygen atoms in total. The maximum atomic E-state index is 12.8. The molecule has 4 heteroatoms. The van der Waals surface area contributed by atoms with E-state index in [1.54, 1.807) is 42.1 Å². The molecular formula is C23H21NO2S. The quantitative estimate of drug-likeness (QED) is 0.579. The molecule has 3 aromatic carbocycles.